The van der Waals surface area contributed by atoms with Gasteiger partial charge < -0.3 is 8.92 Å². The molecule has 0 saturated heterocycles. The number of hydrogen-bond donors (Lipinski definition) is 0. The van der Waals surface area contributed by atoms with Crippen molar-refractivity contribution in [2.45, 2.75) is 31.8 Å². The van der Waals surface area contributed by atoms with E-state index in [1.54, 1.807) is 20.8 Å². The third-order valence-corrected chi connectivity index (χ3v) is 2.30. The fourth-order valence-electron chi connectivity index (χ4n) is 0.888. The molecule has 0 fully saturated rings. The molecular formula is C11H16O4S. The Balaban J connectivity index is 4.17. The zero-order valence-electron chi connectivity index (χ0n) is 9.69. The molecule has 0 aromatic carbocycles. The van der Waals surface area contributed by atoms with Crippen LogP contribution in [0.1, 0.15) is 20.8 Å². The molecule has 0 saturated carbocycles. The van der Waals surface area contributed by atoms with Gasteiger partial charge in [-0.3, -0.25) is 4.79 Å². The average molecular weight is 244 g/mol. The summed E-state index contributed by atoms with van der Waals surface area (Å²) in [5.41, 5.74) is -1.43. The predicted molar refractivity (Wildman–Crippen MR) is 63.7 cm³/mol. The summed E-state index contributed by atoms with van der Waals surface area (Å²) in [6, 6.07) is 0. The van der Waals surface area contributed by atoms with E-state index >= 15 is 0 Å². The van der Waals surface area contributed by atoms with Crippen LogP contribution in [0.25, 0.3) is 0 Å². The first-order valence-corrected chi connectivity index (χ1v) is 5.48. The second-order valence-corrected chi connectivity index (χ2v) is 4.49. The molecule has 0 N–H and O–H groups in total. The highest BCUT2D eigenvalue weighted by Crippen LogP contribution is 2.22. The summed E-state index contributed by atoms with van der Waals surface area (Å²) in [7, 11) is 0. The van der Waals surface area contributed by atoms with Gasteiger partial charge in [-0.25, -0.2) is 4.79 Å². The van der Waals surface area contributed by atoms with Gasteiger partial charge in [0.15, 0.2) is 5.78 Å². The Kier molecular flexibility index (Phi) is 6.06. The maximum absolute atomic E-state index is 11.4. The van der Waals surface area contributed by atoms with Crippen molar-refractivity contribution >= 4 is 23.8 Å². The molecule has 0 rings (SSSR count). The third-order valence-electron chi connectivity index (χ3n) is 1.67. The normalized spacial score (nSPS) is 12.7. The van der Waals surface area contributed by atoms with Crippen LogP contribution in [0, 0.1) is 0 Å². The fourth-order valence-corrected chi connectivity index (χ4v) is 1.47. The molecule has 0 bridgehead atoms. The van der Waals surface area contributed by atoms with Crippen molar-refractivity contribution in [3.05, 3.63) is 25.3 Å². The monoisotopic (exact) mass is 244 g/mol. The molecule has 5 heteroatoms. The predicted octanol–water partition coefficient (Wildman–Crippen LogP) is 2.26. The molecule has 0 heterocycles. The van der Waals surface area contributed by atoms with E-state index in [1.807, 2.05) is 0 Å². The van der Waals surface area contributed by atoms with Crippen molar-refractivity contribution in [3.63, 3.8) is 0 Å². The summed E-state index contributed by atoms with van der Waals surface area (Å²) in [6.07, 6.45) is 2.26. The third kappa shape index (κ3) is 5.14. The van der Waals surface area contributed by atoms with Crippen LogP contribution in [0.5, 0.6) is 0 Å². The van der Waals surface area contributed by atoms with Crippen LogP contribution in [0.15, 0.2) is 25.3 Å². The smallest absolute Gasteiger partial charge is 0.342 e. The number of hydrogen-bond acceptors (Lipinski definition) is 5. The molecule has 1 atom stereocenters. The molecule has 0 amide bonds. The number of carbonyl (C=O) groups is 2. The molecule has 0 spiro atoms. The maximum atomic E-state index is 11.4. The Labute approximate surface area is 99.9 Å². The Morgan fingerprint density at radius 3 is 2.31 bits per heavy atom. The lowest BCUT2D eigenvalue weighted by molar-refractivity contribution is -0.136. The van der Waals surface area contributed by atoms with Gasteiger partial charge in [0.05, 0.1) is 12.0 Å². The fraction of sp³-hybridized carbons (Fsp3) is 0.455. The number of rotatable bonds is 7. The largest absolute Gasteiger partial charge is 0.385 e. The van der Waals surface area contributed by atoms with Gasteiger partial charge in [-0.2, -0.15) is 0 Å². The second kappa shape index (κ2) is 6.50. The molecule has 16 heavy (non-hydrogen) atoms. The summed E-state index contributed by atoms with van der Waals surface area (Å²) in [4.78, 5) is 22.2. The Hall–Kier alpha value is -1.07. The Bertz CT molecular complexity index is 296. The molecule has 4 nitrogen and oxygen atoms in total. The SMILES string of the molecule is C=CC(=O)OSC(C)OC(C)(C)C(=O)C=C. The van der Waals surface area contributed by atoms with Crippen molar-refractivity contribution < 1.29 is 18.5 Å². The summed E-state index contributed by atoms with van der Waals surface area (Å²) in [5.74, 6) is -0.775. The first-order valence-electron chi connectivity index (χ1n) is 4.68. The van der Waals surface area contributed by atoms with Gasteiger partial charge in [-0.05, 0) is 26.8 Å². The van der Waals surface area contributed by atoms with Crippen molar-refractivity contribution in [2.75, 3.05) is 0 Å². The van der Waals surface area contributed by atoms with Gasteiger partial charge >= 0.3 is 5.97 Å². The number of ether oxygens (including phenoxy) is 1. The van der Waals surface area contributed by atoms with Crippen molar-refractivity contribution in [2.24, 2.45) is 0 Å². The molecule has 0 aliphatic rings. The van der Waals surface area contributed by atoms with Crippen LogP contribution in [0.4, 0.5) is 0 Å². The van der Waals surface area contributed by atoms with E-state index in [4.69, 9.17) is 8.92 Å². The van der Waals surface area contributed by atoms with Gasteiger partial charge in [-0.1, -0.05) is 13.2 Å². The van der Waals surface area contributed by atoms with Crippen LogP contribution in [-0.2, 0) is 18.5 Å². The minimum absolute atomic E-state index is 0.227. The zero-order chi connectivity index (χ0) is 12.8. The maximum Gasteiger partial charge on any atom is 0.342 e. The topological polar surface area (TPSA) is 52.6 Å². The van der Waals surface area contributed by atoms with Gasteiger partial charge in [0, 0.05) is 6.08 Å². The lowest BCUT2D eigenvalue weighted by atomic mass is 10.0. The van der Waals surface area contributed by atoms with Crippen LogP contribution < -0.4 is 0 Å². The lowest BCUT2D eigenvalue weighted by Crippen LogP contribution is -2.36. The van der Waals surface area contributed by atoms with Crippen LogP contribution >= 0.6 is 12.0 Å². The summed E-state index contributed by atoms with van der Waals surface area (Å²) in [5, 5.41) is 0. The molecule has 0 radical (unpaired) electrons. The Morgan fingerprint density at radius 1 is 1.31 bits per heavy atom. The van der Waals surface area contributed by atoms with E-state index in [9.17, 15) is 9.59 Å². The average Bonchev–Trinajstić information content (AvgIpc) is 2.23. The highest BCUT2D eigenvalue weighted by atomic mass is 32.2. The van der Waals surface area contributed by atoms with Crippen LogP contribution in [-0.4, -0.2) is 22.8 Å². The zero-order valence-corrected chi connectivity index (χ0v) is 10.5. The summed E-state index contributed by atoms with van der Waals surface area (Å²) in [6.45, 7) is 11.6. The van der Waals surface area contributed by atoms with Crippen LogP contribution in [0.2, 0.25) is 0 Å². The number of carbonyl (C=O) groups excluding carboxylic acids is 2. The molecule has 0 aliphatic heterocycles. The van der Waals surface area contributed by atoms with E-state index < -0.39 is 17.0 Å². The van der Waals surface area contributed by atoms with Crippen molar-refractivity contribution in [1.82, 2.24) is 0 Å². The van der Waals surface area contributed by atoms with Gasteiger partial charge in [0.2, 0.25) is 0 Å². The van der Waals surface area contributed by atoms with Gasteiger partial charge in [-0.15, -0.1) is 0 Å². The van der Waals surface area contributed by atoms with E-state index in [0.717, 1.165) is 18.1 Å². The minimum Gasteiger partial charge on any atom is -0.385 e. The number of ketones is 1. The van der Waals surface area contributed by atoms with E-state index in [1.165, 1.54) is 6.08 Å². The molecule has 0 aromatic heterocycles. The Morgan fingerprint density at radius 2 is 1.88 bits per heavy atom. The first kappa shape index (κ1) is 14.9. The molecule has 0 aromatic rings. The molecule has 90 valence electrons. The summed E-state index contributed by atoms with van der Waals surface area (Å²) >= 11 is 0.834. The van der Waals surface area contributed by atoms with E-state index in [2.05, 4.69) is 13.2 Å². The van der Waals surface area contributed by atoms with Gasteiger partial charge in [0.25, 0.3) is 0 Å². The summed E-state index contributed by atoms with van der Waals surface area (Å²) < 4.78 is 10.1. The van der Waals surface area contributed by atoms with Crippen molar-refractivity contribution in [3.8, 4) is 0 Å². The first-order chi connectivity index (χ1) is 7.33. The lowest BCUT2D eigenvalue weighted by Gasteiger charge is -2.25. The molecular weight excluding hydrogens is 228 g/mol. The van der Waals surface area contributed by atoms with Gasteiger partial charge in [0.1, 0.15) is 11.0 Å². The second-order valence-electron chi connectivity index (χ2n) is 3.47. The standard InChI is InChI=1S/C11H16O4S/c1-6-9(12)11(4,5)14-8(3)16-15-10(13)7-2/h6-8H,1-2H2,3-5H3. The van der Waals surface area contributed by atoms with Crippen molar-refractivity contribution in [1.29, 1.82) is 0 Å². The van der Waals surface area contributed by atoms with E-state index in [0.29, 0.717) is 0 Å². The minimum atomic E-state index is -0.977. The molecule has 0 aliphatic carbocycles. The quantitative estimate of drug-likeness (QED) is 0.390. The van der Waals surface area contributed by atoms with Crippen LogP contribution in [0.3, 0.4) is 0 Å². The van der Waals surface area contributed by atoms with E-state index in [-0.39, 0.29) is 5.78 Å². The molecule has 1 unspecified atom stereocenters. The highest BCUT2D eigenvalue weighted by Gasteiger charge is 2.29. The highest BCUT2D eigenvalue weighted by molar-refractivity contribution is 7.95.